The van der Waals surface area contributed by atoms with E-state index in [1.54, 1.807) is 0 Å². The van der Waals surface area contributed by atoms with E-state index in [4.69, 9.17) is 16.7 Å². The van der Waals surface area contributed by atoms with Crippen LogP contribution in [0.25, 0.3) is 0 Å². The summed E-state index contributed by atoms with van der Waals surface area (Å²) < 4.78 is 13.5. The van der Waals surface area contributed by atoms with Crippen molar-refractivity contribution in [1.82, 2.24) is 10.3 Å². The summed E-state index contributed by atoms with van der Waals surface area (Å²) in [4.78, 5) is 26.2. The number of pyridine rings is 1. The molecule has 0 saturated carbocycles. The normalized spacial score (nSPS) is 10.2. The Bertz CT molecular complexity index is 689. The summed E-state index contributed by atoms with van der Waals surface area (Å²) in [6.07, 6.45) is 1.33. The fourth-order valence-corrected chi connectivity index (χ4v) is 1.78. The summed E-state index contributed by atoms with van der Waals surface area (Å²) in [6, 6.07) is 6.54. The van der Waals surface area contributed by atoms with Crippen molar-refractivity contribution in [1.29, 1.82) is 0 Å². The fourth-order valence-electron chi connectivity index (χ4n) is 1.60. The number of aromatic nitrogens is 1. The van der Waals surface area contributed by atoms with E-state index in [9.17, 15) is 14.0 Å². The minimum Gasteiger partial charge on any atom is -0.477 e. The van der Waals surface area contributed by atoms with Crippen LogP contribution < -0.4 is 5.32 Å². The van der Waals surface area contributed by atoms with Crippen LogP contribution >= 0.6 is 11.6 Å². The third-order valence-electron chi connectivity index (χ3n) is 2.67. The number of hydrogen-bond donors (Lipinski definition) is 2. The zero-order valence-electron chi connectivity index (χ0n) is 10.6. The maximum Gasteiger partial charge on any atom is 0.354 e. The van der Waals surface area contributed by atoms with Gasteiger partial charge >= 0.3 is 5.97 Å². The molecule has 0 radical (unpaired) electrons. The van der Waals surface area contributed by atoms with Crippen molar-refractivity contribution in [3.63, 3.8) is 0 Å². The number of hydrogen-bond acceptors (Lipinski definition) is 3. The van der Waals surface area contributed by atoms with Gasteiger partial charge in [0.15, 0.2) is 0 Å². The first-order valence-electron chi connectivity index (χ1n) is 5.89. The molecule has 2 aromatic rings. The lowest BCUT2D eigenvalue weighted by molar-refractivity contribution is 0.0690. The molecule has 1 aromatic heterocycles. The van der Waals surface area contributed by atoms with E-state index >= 15 is 0 Å². The Morgan fingerprint density at radius 2 is 2.05 bits per heavy atom. The van der Waals surface area contributed by atoms with E-state index in [1.807, 2.05) is 0 Å². The van der Waals surface area contributed by atoms with Crippen LogP contribution in [-0.2, 0) is 6.54 Å². The van der Waals surface area contributed by atoms with Crippen LogP contribution in [0.15, 0.2) is 36.5 Å². The van der Waals surface area contributed by atoms with E-state index in [2.05, 4.69) is 10.3 Å². The van der Waals surface area contributed by atoms with Gasteiger partial charge in [-0.2, -0.15) is 0 Å². The number of carbonyl (C=O) groups is 2. The molecule has 0 spiro atoms. The maximum absolute atomic E-state index is 13.5. The van der Waals surface area contributed by atoms with E-state index < -0.39 is 17.7 Å². The molecular weight excluding hydrogens is 299 g/mol. The average Bonchev–Trinajstić information content (AvgIpc) is 2.47. The number of aromatic carboxylic acids is 1. The van der Waals surface area contributed by atoms with E-state index in [-0.39, 0.29) is 22.8 Å². The largest absolute Gasteiger partial charge is 0.477 e. The number of nitrogens with zero attached hydrogens (tertiary/aromatic N) is 1. The van der Waals surface area contributed by atoms with Crippen molar-refractivity contribution >= 4 is 23.5 Å². The zero-order chi connectivity index (χ0) is 15.4. The summed E-state index contributed by atoms with van der Waals surface area (Å²) >= 11 is 5.71. The molecule has 0 atom stereocenters. The number of carboxylic acid groups (broad SMARTS) is 1. The molecule has 0 aliphatic carbocycles. The average molecular weight is 309 g/mol. The van der Waals surface area contributed by atoms with Gasteiger partial charge in [0.2, 0.25) is 0 Å². The molecule has 21 heavy (non-hydrogen) atoms. The van der Waals surface area contributed by atoms with Crippen LogP contribution in [0, 0.1) is 5.82 Å². The number of carboxylic acids is 1. The third-order valence-corrected chi connectivity index (χ3v) is 2.91. The molecule has 0 aliphatic heterocycles. The first-order chi connectivity index (χ1) is 9.97. The number of rotatable bonds is 4. The van der Waals surface area contributed by atoms with Gasteiger partial charge in [-0.1, -0.05) is 17.7 Å². The van der Waals surface area contributed by atoms with Gasteiger partial charge in [0, 0.05) is 17.8 Å². The van der Waals surface area contributed by atoms with E-state index in [0.717, 1.165) is 6.07 Å². The molecule has 0 bridgehead atoms. The van der Waals surface area contributed by atoms with E-state index in [0.29, 0.717) is 5.56 Å². The molecule has 7 heteroatoms. The first-order valence-corrected chi connectivity index (χ1v) is 6.26. The number of halogens is 2. The van der Waals surface area contributed by atoms with Crippen LogP contribution in [0.3, 0.4) is 0 Å². The number of nitrogens with one attached hydrogen (secondary N) is 1. The smallest absolute Gasteiger partial charge is 0.354 e. The Balaban J connectivity index is 2.04. The molecule has 1 aromatic carbocycles. The van der Waals surface area contributed by atoms with Gasteiger partial charge in [-0.05, 0) is 29.8 Å². The van der Waals surface area contributed by atoms with Crippen molar-refractivity contribution in [3.05, 3.63) is 64.2 Å². The highest BCUT2D eigenvalue weighted by Crippen LogP contribution is 2.14. The Labute approximate surface area is 124 Å². The Kier molecular flexibility index (Phi) is 4.49. The molecule has 1 heterocycles. The van der Waals surface area contributed by atoms with Gasteiger partial charge in [-0.15, -0.1) is 0 Å². The van der Waals surface area contributed by atoms with Crippen LogP contribution in [0.4, 0.5) is 4.39 Å². The highest BCUT2D eigenvalue weighted by atomic mass is 35.5. The van der Waals surface area contributed by atoms with E-state index in [1.165, 1.54) is 30.5 Å². The number of amides is 1. The minimum atomic E-state index is -1.13. The Hall–Kier alpha value is -2.47. The summed E-state index contributed by atoms with van der Waals surface area (Å²) in [5.41, 5.74) is 0.347. The highest BCUT2D eigenvalue weighted by Gasteiger charge is 2.12. The van der Waals surface area contributed by atoms with Crippen molar-refractivity contribution in [3.8, 4) is 0 Å². The van der Waals surface area contributed by atoms with Gasteiger partial charge in [-0.3, -0.25) is 4.79 Å². The lowest BCUT2D eigenvalue weighted by atomic mass is 10.2. The van der Waals surface area contributed by atoms with Gasteiger partial charge in [0.1, 0.15) is 11.5 Å². The molecule has 1 amide bonds. The number of benzene rings is 1. The fraction of sp³-hybridized carbons (Fsp3) is 0.0714. The lowest BCUT2D eigenvalue weighted by Crippen LogP contribution is -2.24. The van der Waals surface area contributed by atoms with Gasteiger partial charge < -0.3 is 10.4 Å². The van der Waals surface area contributed by atoms with Crippen molar-refractivity contribution in [2.45, 2.75) is 6.54 Å². The molecule has 0 aliphatic rings. The molecule has 0 saturated heterocycles. The lowest BCUT2D eigenvalue weighted by Gasteiger charge is -2.06. The van der Waals surface area contributed by atoms with Crippen molar-refractivity contribution in [2.75, 3.05) is 0 Å². The quantitative estimate of drug-likeness (QED) is 0.909. The molecule has 0 unspecified atom stereocenters. The van der Waals surface area contributed by atoms with Crippen LogP contribution in [0.5, 0.6) is 0 Å². The summed E-state index contributed by atoms with van der Waals surface area (Å²) in [6.45, 7) is 0.0949. The van der Waals surface area contributed by atoms with Crippen LogP contribution in [-0.4, -0.2) is 22.0 Å². The van der Waals surface area contributed by atoms with Crippen LogP contribution in [0.1, 0.15) is 26.4 Å². The predicted octanol–water partition coefficient (Wildman–Crippen LogP) is 2.50. The van der Waals surface area contributed by atoms with Crippen molar-refractivity contribution < 1.29 is 19.1 Å². The summed E-state index contributed by atoms with van der Waals surface area (Å²) in [7, 11) is 0. The topological polar surface area (TPSA) is 79.3 Å². The Morgan fingerprint density at radius 3 is 2.67 bits per heavy atom. The highest BCUT2D eigenvalue weighted by molar-refractivity contribution is 6.31. The van der Waals surface area contributed by atoms with Gasteiger partial charge in [0.05, 0.1) is 5.56 Å². The minimum absolute atomic E-state index is 0.0917. The molecule has 2 N–H and O–H groups in total. The first kappa shape index (κ1) is 14.9. The molecule has 0 fully saturated rings. The second kappa shape index (κ2) is 6.32. The SMILES string of the molecule is O=C(O)c1ccc(CNC(=O)c2cc(Cl)ccc2F)cn1. The second-order valence-electron chi connectivity index (χ2n) is 4.16. The molecular formula is C14H10ClFN2O3. The monoisotopic (exact) mass is 308 g/mol. The second-order valence-corrected chi connectivity index (χ2v) is 4.60. The van der Waals surface area contributed by atoms with Crippen LogP contribution in [0.2, 0.25) is 5.02 Å². The zero-order valence-corrected chi connectivity index (χ0v) is 11.4. The molecule has 5 nitrogen and oxygen atoms in total. The molecule has 108 valence electrons. The Morgan fingerprint density at radius 1 is 1.29 bits per heavy atom. The number of carbonyl (C=O) groups excluding carboxylic acids is 1. The molecule has 2 rings (SSSR count). The standard InChI is InChI=1S/C14H10ClFN2O3/c15-9-2-3-11(16)10(5-9)13(19)18-7-8-1-4-12(14(20)21)17-6-8/h1-6H,7H2,(H,18,19)(H,20,21). The van der Waals surface area contributed by atoms with Crippen molar-refractivity contribution in [2.24, 2.45) is 0 Å². The summed E-state index contributed by atoms with van der Waals surface area (Å²) in [5, 5.41) is 11.5. The predicted molar refractivity (Wildman–Crippen MR) is 73.8 cm³/mol. The maximum atomic E-state index is 13.5. The third kappa shape index (κ3) is 3.76. The van der Waals surface area contributed by atoms with Gasteiger partial charge in [0.25, 0.3) is 5.91 Å². The van der Waals surface area contributed by atoms with Gasteiger partial charge in [-0.25, -0.2) is 14.2 Å². The summed E-state index contributed by atoms with van der Waals surface area (Å²) in [5.74, 6) is -2.42.